The van der Waals surface area contributed by atoms with Crippen LogP contribution in [0.3, 0.4) is 0 Å². The molecule has 2 N–H and O–H groups in total. The van der Waals surface area contributed by atoms with Gasteiger partial charge in [-0.2, -0.15) is 5.10 Å². The summed E-state index contributed by atoms with van der Waals surface area (Å²) in [5.41, 5.74) is 0.317. The number of carbonyl (C=O) groups is 2. The summed E-state index contributed by atoms with van der Waals surface area (Å²) in [4.78, 5) is 22.6. The Morgan fingerprint density at radius 3 is 2.84 bits per heavy atom. The Labute approximate surface area is 113 Å². The van der Waals surface area contributed by atoms with Crippen molar-refractivity contribution < 1.29 is 14.7 Å². The second-order valence-electron chi connectivity index (χ2n) is 3.75. The number of benzene rings is 1. The molecule has 0 saturated carbocycles. The lowest BCUT2D eigenvalue weighted by Gasteiger charge is -2.08. The number of aromatic carboxylic acids is 1. The molecular formula is C12H10ClN3O3. The molecule has 0 unspecified atom stereocenters. The van der Waals surface area contributed by atoms with Crippen molar-refractivity contribution in [3.05, 3.63) is 47.2 Å². The predicted molar refractivity (Wildman–Crippen MR) is 69.3 cm³/mol. The lowest BCUT2D eigenvalue weighted by Crippen LogP contribution is -2.19. The van der Waals surface area contributed by atoms with Crippen LogP contribution in [0.4, 0.5) is 5.69 Å². The smallest absolute Gasteiger partial charge is 0.335 e. The highest BCUT2D eigenvalue weighted by Crippen LogP contribution is 2.23. The van der Waals surface area contributed by atoms with E-state index in [2.05, 4.69) is 10.4 Å². The number of nitrogens with one attached hydrogen (secondary N) is 1. The van der Waals surface area contributed by atoms with Gasteiger partial charge >= 0.3 is 5.97 Å². The average molecular weight is 280 g/mol. The average Bonchev–Trinajstić information content (AvgIpc) is 2.84. The number of anilines is 1. The molecule has 2 aromatic rings. The number of carboxylic acids is 1. The third-order valence-electron chi connectivity index (χ3n) is 2.35. The highest BCUT2D eigenvalue weighted by molar-refractivity contribution is 6.33. The van der Waals surface area contributed by atoms with Gasteiger partial charge in [-0.25, -0.2) is 4.79 Å². The van der Waals surface area contributed by atoms with Crippen molar-refractivity contribution in [3.8, 4) is 0 Å². The van der Waals surface area contributed by atoms with Gasteiger partial charge in [-0.05, 0) is 24.3 Å². The number of nitrogens with zero attached hydrogens (tertiary/aromatic N) is 2. The van der Waals surface area contributed by atoms with Crippen molar-refractivity contribution in [2.45, 2.75) is 6.54 Å². The summed E-state index contributed by atoms with van der Waals surface area (Å²) < 4.78 is 1.45. The Hall–Kier alpha value is -2.34. The van der Waals surface area contributed by atoms with Crippen LogP contribution in [-0.4, -0.2) is 26.8 Å². The lowest BCUT2D eigenvalue weighted by atomic mass is 10.2. The van der Waals surface area contributed by atoms with Gasteiger partial charge in [0.2, 0.25) is 5.91 Å². The topological polar surface area (TPSA) is 84.2 Å². The van der Waals surface area contributed by atoms with Gasteiger partial charge in [0.05, 0.1) is 16.3 Å². The summed E-state index contributed by atoms with van der Waals surface area (Å²) in [5.74, 6) is -1.42. The van der Waals surface area contributed by atoms with Gasteiger partial charge in [-0.3, -0.25) is 9.48 Å². The van der Waals surface area contributed by atoms with Crippen LogP contribution in [-0.2, 0) is 11.3 Å². The minimum Gasteiger partial charge on any atom is -0.478 e. The highest BCUT2D eigenvalue weighted by Gasteiger charge is 2.10. The number of hydrogen-bond acceptors (Lipinski definition) is 3. The van der Waals surface area contributed by atoms with Crippen molar-refractivity contribution in [1.82, 2.24) is 9.78 Å². The van der Waals surface area contributed by atoms with Gasteiger partial charge in [-0.1, -0.05) is 11.6 Å². The van der Waals surface area contributed by atoms with Gasteiger partial charge in [0.15, 0.2) is 0 Å². The minimum atomic E-state index is -1.08. The number of amides is 1. The molecule has 0 fully saturated rings. The zero-order valence-electron chi connectivity index (χ0n) is 9.71. The van der Waals surface area contributed by atoms with Gasteiger partial charge in [0.1, 0.15) is 6.54 Å². The third kappa shape index (κ3) is 3.32. The van der Waals surface area contributed by atoms with E-state index in [1.54, 1.807) is 18.5 Å². The first kappa shape index (κ1) is 13.1. The molecule has 0 bridgehead atoms. The lowest BCUT2D eigenvalue weighted by molar-refractivity contribution is -0.116. The molecule has 7 heteroatoms. The van der Waals surface area contributed by atoms with Gasteiger partial charge < -0.3 is 10.4 Å². The molecule has 2 rings (SSSR count). The molecule has 0 aliphatic heterocycles. The van der Waals surface area contributed by atoms with E-state index in [0.29, 0.717) is 0 Å². The maximum atomic E-state index is 11.7. The molecule has 0 aliphatic rings. The number of rotatable bonds is 4. The standard InChI is InChI=1S/C12H10ClN3O3/c13-9-3-2-8(12(18)19)6-10(9)15-11(17)7-16-5-1-4-14-16/h1-6H,7H2,(H,15,17)(H,18,19). The van der Waals surface area contributed by atoms with Crippen LogP contribution in [0, 0.1) is 0 Å². The van der Waals surface area contributed by atoms with E-state index in [9.17, 15) is 9.59 Å². The number of aromatic nitrogens is 2. The van der Waals surface area contributed by atoms with E-state index in [1.165, 1.54) is 22.9 Å². The number of halogens is 1. The summed E-state index contributed by atoms with van der Waals surface area (Å²) in [7, 11) is 0. The first-order chi connectivity index (χ1) is 9.06. The molecule has 0 aliphatic carbocycles. The molecule has 0 atom stereocenters. The van der Waals surface area contributed by atoms with E-state index in [1.807, 2.05) is 0 Å². The van der Waals surface area contributed by atoms with Crippen molar-refractivity contribution in [1.29, 1.82) is 0 Å². The Bertz CT molecular complexity index is 611. The fourth-order valence-corrected chi connectivity index (χ4v) is 1.65. The van der Waals surface area contributed by atoms with Crippen LogP contribution in [0.25, 0.3) is 0 Å². The molecule has 19 heavy (non-hydrogen) atoms. The van der Waals surface area contributed by atoms with Gasteiger partial charge in [0, 0.05) is 12.4 Å². The summed E-state index contributed by atoms with van der Waals surface area (Å²) in [6.45, 7) is 0.0284. The van der Waals surface area contributed by atoms with Crippen LogP contribution in [0.5, 0.6) is 0 Å². The molecule has 6 nitrogen and oxygen atoms in total. The fourth-order valence-electron chi connectivity index (χ4n) is 1.48. The summed E-state index contributed by atoms with van der Waals surface area (Å²) >= 11 is 5.90. The minimum absolute atomic E-state index is 0.0284. The number of hydrogen-bond donors (Lipinski definition) is 2. The van der Waals surface area contributed by atoms with Crippen molar-refractivity contribution in [3.63, 3.8) is 0 Å². The van der Waals surface area contributed by atoms with E-state index in [-0.39, 0.29) is 28.7 Å². The molecular weight excluding hydrogens is 270 g/mol. The van der Waals surface area contributed by atoms with Crippen LogP contribution in [0.1, 0.15) is 10.4 Å². The largest absolute Gasteiger partial charge is 0.478 e. The first-order valence-electron chi connectivity index (χ1n) is 5.36. The van der Waals surface area contributed by atoms with Crippen molar-refractivity contribution in [2.75, 3.05) is 5.32 Å². The first-order valence-corrected chi connectivity index (χ1v) is 5.74. The Kier molecular flexibility index (Phi) is 3.82. The second kappa shape index (κ2) is 5.53. The Balaban J connectivity index is 2.11. The zero-order chi connectivity index (χ0) is 13.8. The molecule has 0 spiro atoms. The quantitative estimate of drug-likeness (QED) is 0.895. The number of carbonyl (C=O) groups excluding carboxylic acids is 1. The van der Waals surface area contributed by atoms with Crippen molar-refractivity contribution >= 4 is 29.2 Å². The summed E-state index contributed by atoms with van der Waals surface area (Å²) in [5, 5.41) is 15.6. The Morgan fingerprint density at radius 2 is 2.21 bits per heavy atom. The zero-order valence-corrected chi connectivity index (χ0v) is 10.5. The Morgan fingerprint density at radius 1 is 1.42 bits per heavy atom. The maximum absolute atomic E-state index is 11.7. The van der Waals surface area contributed by atoms with Gasteiger partial charge in [0.25, 0.3) is 0 Å². The van der Waals surface area contributed by atoms with E-state index >= 15 is 0 Å². The maximum Gasteiger partial charge on any atom is 0.335 e. The van der Waals surface area contributed by atoms with E-state index in [0.717, 1.165) is 0 Å². The molecule has 1 aromatic carbocycles. The van der Waals surface area contributed by atoms with Crippen LogP contribution < -0.4 is 5.32 Å². The number of carboxylic acid groups (broad SMARTS) is 1. The molecule has 1 heterocycles. The summed E-state index contributed by atoms with van der Waals surface area (Å²) in [6.07, 6.45) is 3.21. The summed E-state index contributed by atoms with van der Waals surface area (Å²) in [6, 6.07) is 5.80. The van der Waals surface area contributed by atoms with Crippen LogP contribution in [0.15, 0.2) is 36.7 Å². The van der Waals surface area contributed by atoms with E-state index < -0.39 is 5.97 Å². The molecule has 0 radical (unpaired) electrons. The molecule has 1 amide bonds. The molecule has 1 aromatic heterocycles. The predicted octanol–water partition coefficient (Wildman–Crippen LogP) is 1.87. The molecule has 98 valence electrons. The van der Waals surface area contributed by atoms with Crippen molar-refractivity contribution in [2.24, 2.45) is 0 Å². The second-order valence-corrected chi connectivity index (χ2v) is 4.16. The monoisotopic (exact) mass is 279 g/mol. The SMILES string of the molecule is O=C(Cn1cccn1)Nc1cc(C(=O)O)ccc1Cl. The van der Waals surface area contributed by atoms with Crippen LogP contribution >= 0.6 is 11.6 Å². The fraction of sp³-hybridized carbons (Fsp3) is 0.0833. The van der Waals surface area contributed by atoms with Crippen LogP contribution in [0.2, 0.25) is 5.02 Å². The third-order valence-corrected chi connectivity index (χ3v) is 2.68. The molecule has 0 saturated heterocycles. The van der Waals surface area contributed by atoms with Gasteiger partial charge in [-0.15, -0.1) is 0 Å². The highest BCUT2D eigenvalue weighted by atomic mass is 35.5. The van der Waals surface area contributed by atoms with E-state index in [4.69, 9.17) is 16.7 Å². The normalized spacial score (nSPS) is 10.2.